The van der Waals surface area contributed by atoms with Crippen molar-refractivity contribution in [1.82, 2.24) is 0 Å². The number of hydrogen-bond acceptors (Lipinski definition) is 2. The molecule has 0 radical (unpaired) electrons. The minimum absolute atomic E-state index is 0. The summed E-state index contributed by atoms with van der Waals surface area (Å²) >= 11 is 0. The van der Waals surface area contributed by atoms with Crippen molar-refractivity contribution < 1.29 is 5.11 Å². The molecule has 0 saturated heterocycles. The number of aliphatic hydroxyl groups is 1. The molecule has 76 valence electrons. The normalized spacial score (nSPS) is 12.5. The topological polar surface area (TPSA) is 46.2 Å². The highest BCUT2D eigenvalue weighted by molar-refractivity contribution is 5.85. The van der Waals surface area contributed by atoms with Crippen LogP contribution in [-0.2, 0) is 0 Å². The standard InChI is InChI=1S/C9H21NO.ClH/c1-5-9(11,6-2)8(3,4)7-10;/h11H,5-7,10H2,1-4H3;1H. The van der Waals surface area contributed by atoms with Gasteiger partial charge in [-0.3, -0.25) is 0 Å². The summed E-state index contributed by atoms with van der Waals surface area (Å²) in [6.07, 6.45) is 1.54. The Morgan fingerprint density at radius 2 is 1.50 bits per heavy atom. The maximum Gasteiger partial charge on any atom is 0.0705 e. The van der Waals surface area contributed by atoms with E-state index in [0.29, 0.717) is 6.54 Å². The first-order valence-corrected chi connectivity index (χ1v) is 4.36. The molecule has 12 heavy (non-hydrogen) atoms. The van der Waals surface area contributed by atoms with E-state index in [1.54, 1.807) is 0 Å². The fourth-order valence-corrected chi connectivity index (χ4v) is 1.40. The average molecular weight is 196 g/mol. The summed E-state index contributed by atoms with van der Waals surface area (Å²) in [6, 6.07) is 0. The van der Waals surface area contributed by atoms with E-state index in [2.05, 4.69) is 0 Å². The van der Waals surface area contributed by atoms with Gasteiger partial charge in [-0.2, -0.15) is 0 Å². The summed E-state index contributed by atoms with van der Waals surface area (Å²) < 4.78 is 0. The van der Waals surface area contributed by atoms with Gasteiger partial charge in [0.2, 0.25) is 0 Å². The number of rotatable bonds is 4. The molecular formula is C9H22ClNO. The van der Waals surface area contributed by atoms with Gasteiger partial charge in [0.15, 0.2) is 0 Å². The quantitative estimate of drug-likeness (QED) is 0.721. The summed E-state index contributed by atoms with van der Waals surface area (Å²) in [4.78, 5) is 0. The highest BCUT2D eigenvalue weighted by Gasteiger charge is 2.38. The van der Waals surface area contributed by atoms with Crippen LogP contribution in [0.2, 0.25) is 0 Å². The molecule has 0 atom stereocenters. The fourth-order valence-electron chi connectivity index (χ4n) is 1.40. The van der Waals surface area contributed by atoms with E-state index in [-0.39, 0.29) is 17.8 Å². The van der Waals surface area contributed by atoms with E-state index in [0.717, 1.165) is 12.8 Å². The van der Waals surface area contributed by atoms with E-state index in [1.807, 2.05) is 27.7 Å². The van der Waals surface area contributed by atoms with Crippen LogP contribution in [0.1, 0.15) is 40.5 Å². The fraction of sp³-hybridized carbons (Fsp3) is 1.00. The Balaban J connectivity index is 0. The SMILES string of the molecule is CCC(O)(CC)C(C)(C)CN.Cl. The van der Waals surface area contributed by atoms with Crippen LogP contribution in [0.25, 0.3) is 0 Å². The van der Waals surface area contributed by atoms with Crippen molar-refractivity contribution >= 4 is 12.4 Å². The summed E-state index contributed by atoms with van der Waals surface area (Å²) in [5.41, 5.74) is 4.82. The van der Waals surface area contributed by atoms with Gasteiger partial charge in [0.25, 0.3) is 0 Å². The Bertz CT molecular complexity index is 122. The maximum absolute atomic E-state index is 10.1. The molecule has 0 unspecified atom stereocenters. The molecule has 0 aliphatic rings. The lowest BCUT2D eigenvalue weighted by Gasteiger charge is -2.41. The first kappa shape index (κ1) is 14.7. The van der Waals surface area contributed by atoms with Crippen molar-refractivity contribution in [3.8, 4) is 0 Å². The molecular weight excluding hydrogens is 174 g/mol. The maximum atomic E-state index is 10.1. The van der Waals surface area contributed by atoms with Crippen molar-refractivity contribution in [1.29, 1.82) is 0 Å². The van der Waals surface area contributed by atoms with Crippen LogP contribution in [-0.4, -0.2) is 17.3 Å². The molecule has 0 aromatic rings. The summed E-state index contributed by atoms with van der Waals surface area (Å²) in [5.74, 6) is 0. The second kappa shape index (κ2) is 5.05. The van der Waals surface area contributed by atoms with E-state index >= 15 is 0 Å². The van der Waals surface area contributed by atoms with Gasteiger partial charge in [-0.25, -0.2) is 0 Å². The molecule has 0 aromatic heterocycles. The molecule has 0 spiro atoms. The molecule has 0 rings (SSSR count). The van der Waals surface area contributed by atoms with Crippen LogP contribution >= 0.6 is 12.4 Å². The Hall–Kier alpha value is 0.210. The minimum atomic E-state index is -0.595. The lowest BCUT2D eigenvalue weighted by molar-refractivity contribution is -0.0683. The molecule has 3 N–H and O–H groups in total. The van der Waals surface area contributed by atoms with Gasteiger partial charge < -0.3 is 10.8 Å². The number of hydrogen-bond donors (Lipinski definition) is 2. The average Bonchev–Trinajstić information content (AvgIpc) is 2.02. The van der Waals surface area contributed by atoms with Crippen molar-refractivity contribution in [2.45, 2.75) is 46.1 Å². The van der Waals surface area contributed by atoms with E-state index in [4.69, 9.17) is 5.73 Å². The van der Waals surface area contributed by atoms with Crippen molar-refractivity contribution in [3.63, 3.8) is 0 Å². The highest BCUT2D eigenvalue weighted by atomic mass is 35.5. The van der Waals surface area contributed by atoms with Crippen LogP contribution in [0.3, 0.4) is 0 Å². The van der Waals surface area contributed by atoms with Gasteiger partial charge in [0.1, 0.15) is 0 Å². The van der Waals surface area contributed by atoms with Crippen LogP contribution in [0.4, 0.5) is 0 Å². The van der Waals surface area contributed by atoms with Crippen molar-refractivity contribution in [3.05, 3.63) is 0 Å². The predicted octanol–water partition coefficient (Wildman–Crippen LogP) is 1.94. The van der Waals surface area contributed by atoms with Gasteiger partial charge in [0, 0.05) is 12.0 Å². The van der Waals surface area contributed by atoms with Gasteiger partial charge in [-0.05, 0) is 12.8 Å². The van der Waals surface area contributed by atoms with Gasteiger partial charge in [0.05, 0.1) is 5.60 Å². The molecule has 3 heteroatoms. The van der Waals surface area contributed by atoms with Crippen molar-refractivity contribution in [2.75, 3.05) is 6.54 Å². The lowest BCUT2D eigenvalue weighted by atomic mass is 9.72. The molecule has 0 aliphatic heterocycles. The monoisotopic (exact) mass is 195 g/mol. The third-order valence-corrected chi connectivity index (χ3v) is 2.94. The van der Waals surface area contributed by atoms with Crippen molar-refractivity contribution in [2.24, 2.45) is 11.1 Å². The second-order valence-corrected chi connectivity index (χ2v) is 3.83. The van der Waals surface area contributed by atoms with E-state index in [9.17, 15) is 5.11 Å². The predicted molar refractivity (Wildman–Crippen MR) is 55.6 cm³/mol. The Morgan fingerprint density at radius 3 is 1.58 bits per heavy atom. The summed E-state index contributed by atoms with van der Waals surface area (Å²) in [6.45, 7) is 8.56. The Labute approximate surface area is 81.9 Å². The molecule has 2 nitrogen and oxygen atoms in total. The molecule has 0 saturated carbocycles. The zero-order valence-electron chi connectivity index (χ0n) is 8.55. The van der Waals surface area contributed by atoms with E-state index < -0.39 is 5.60 Å². The largest absolute Gasteiger partial charge is 0.389 e. The first-order chi connectivity index (χ1) is 4.93. The minimum Gasteiger partial charge on any atom is -0.389 e. The summed E-state index contributed by atoms with van der Waals surface area (Å²) in [5, 5.41) is 10.1. The summed E-state index contributed by atoms with van der Waals surface area (Å²) in [7, 11) is 0. The molecule has 0 aliphatic carbocycles. The number of nitrogens with two attached hydrogens (primary N) is 1. The molecule has 0 fully saturated rings. The number of halogens is 1. The Morgan fingerprint density at radius 1 is 1.17 bits per heavy atom. The van der Waals surface area contributed by atoms with Crippen LogP contribution in [0.15, 0.2) is 0 Å². The molecule has 0 heterocycles. The van der Waals surface area contributed by atoms with Crippen LogP contribution in [0.5, 0.6) is 0 Å². The molecule has 0 bridgehead atoms. The third kappa shape index (κ3) is 2.61. The second-order valence-electron chi connectivity index (χ2n) is 3.83. The third-order valence-electron chi connectivity index (χ3n) is 2.94. The van der Waals surface area contributed by atoms with E-state index in [1.165, 1.54) is 0 Å². The van der Waals surface area contributed by atoms with Gasteiger partial charge in [-0.1, -0.05) is 27.7 Å². The van der Waals surface area contributed by atoms with Crippen LogP contribution in [0, 0.1) is 5.41 Å². The Kier molecular flexibility index (Phi) is 6.20. The highest BCUT2D eigenvalue weighted by Crippen LogP contribution is 2.35. The zero-order chi connectivity index (χ0) is 9.12. The van der Waals surface area contributed by atoms with Gasteiger partial charge >= 0.3 is 0 Å². The molecule has 0 amide bonds. The zero-order valence-corrected chi connectivity index (χ0v) is 9.37. The lowest BCUT2D eigenvalue weighted by Crippen LogP contribution is -2.48. The van der Waals surface area contributed by atoms with Gasteiger partial charge in [-0.15, -0.1) is 12.4 Å². The smallest absolute Gasteiger partial charge is 0.0705 e. The molecule has 0 aromatic carbocycles. The first-order valence-electron chi connectivity index (χ1n) is 4.36. The van der Waals surface area contributed by atoms with Crippen LogP contribution < -0.4 is 5.73 Å².